The smallest absolute Gasteiger partial charge is 0.123 e. The second-order valence-corrected chi connectivity index (χ2v) is 7.87. The number of benzene rings is 1. The van der Waals surface area contributed by atoms with Crippen molar-refractivity contribution in [2.24, 2.45) is 0 Å². The predicted molar refractivity (Wildman–Crippen MR) is 93.5 cm³/mol. The molecule has 0 aliphatic heterocycles. The molecule has 5 heteroatoms. The summed E-state index contributed by atoms with van der Waals surface area (Å²) in [6.07, 6.45) is 0.930. The van der Waals surface area contributed by atoms with Gasteiger partial charge in [-0.15, -0.1) is 11.3 Å². The zero-order valence-electron chi connectivity index (χ0n) is 12.8. The SMILES string of the molecule is CCc1nc(-c2ccc(Cl)c(Cl)c2)sc1CNC(C)(C)C. The van der Waals surface area contributed by atoms with Crippen LogP contribution >= 0.6 is 34.5 Å². The molecule has 0 atom stereocenters. The molecular weight excluding hydrogens is 323 g/mol. The van der Waals surface area contributed by atoms with Gasteiger partial charge in [0.05, 0.1) is 15.7 Å². The van der Waals surface area contributed by atoms with Crippen LogP contribution < -0.4 is 5.32 Å². The normalized spacial score (nSPS) is 11.9. The molecule has 1 aromatic carbocycles. The first kappa shape index (κ1) is 16.8. The maximum absolute atomic E-state index is 6.10. The Bertz CT molecular complexity index is 630. The minimum Gasteiger partial charge on any atom is -0.307 e. The number of hydrogen-bond donors (Lipinski definition) is 1. The van der Waals surface area contributed by atoms with E-state index >= 15 is 0 Å². The van der Waals surface area contributed by atoms with Gasteiger partial charge in [0, 0.05) is 22.5 Å². The van der Waals surface area contributed by atoms with Gasteiger partial charge >= 0.3 is 0 Å². The summed E-state index contributed by atoms with van der Waals surface area (Å²) in [5.74, 6) is 0. The van der Waals surface area contributed by atoms with E-state index in [9.17, 15) is 0 Å². The Morgan fingerprint density at radius 2 is 1.90 bits per heavy atom. The lowest BCUT2D eigenvalue weighted by molar-refractivity contribution is 0.425. The van der Waals surface area contributed by atoms with E-state index in [-0.39, 0.29) is 5.54 Å². The van der Waals surface area contributed by atoms with Crippen molar-refractivity contribution in [1.82, 2.24) is 10.3 Å². The summed E-state index contributed by atoms with van der Waals surface area (Å²) in [7, 11) is 0. The number of nitrogens with one attached hydrogen (secondary N) is 1. The lowest BCUT2D eigenvalue weighted by Crippen LogP contribution is -2.35. The molecule has 0 saturated heterocycles. The van der Waals surface area contributed by atoms with Gasteiger partial charge in [-0.05, 0) is 39.3 Å². The van der Waals surface area contributed by atoms with Crippen LogP contribution in [0.3, 0.4) is 0 Å². The average Bonchev–Trinajstić information content (AvgIpc) is 2.82. The lowest BCUT2D eigenvalue weighted by atomic mass is 10.1. The van der Waals surface area contributed by atoms with Gasteiger partial charge in [-0.3, -0.25) is 0 Å². The van der Waals surface area contributed by atoms with Gasteiger partial charge in [-0.2, -0.15) is 0 Å². The maximum atomic E-state index is 6.10. The van der Waals surface area contributed by atoms with Crippen molar-refractivity contribution in [1.29, 1.82) is 0 Å². The van der Waals surface area contributed by atoms with Gasteiger partial charge in [0.2, 0.25) is 0 Å². The molecule has 0 bridgehead atoms. The molecule has 1 N–H and O–H groups in total. The first-order valence-corrected chi connectivity index (χ1v) is 8.56. The standard InChI is InChI=1S/C16H20Cl2N2S/c1-5-13-14(9-19-16(2,3)4)21-15(20-13)10-6-7-11(17)12(18)8-10/h6-8,19H,5,9H2,1-4H3. The molecule has 0 spiro atoms. The number of aromatic nitrogens is 1. The summed E-state index contributed by atoms with van der Waals surface area (Å²) in [6, 6.07) is 5.66. The topological polar surface area (TPSA) is 24.9 Å². The molecule has 0 unspecified atom stereocenters. The van der Waals surface area contributed by atoms with Crippen LogP contribution in [0.15, 0.2) is 18.2 Å². The zero-order valence-corrected chi connectivity index (χ0v) is 15.1. The number of nitrogens with zero attached hydrogens (tertiary/aromatic N) is 1. The quantitative estimate of drug-likeness (QED) is 0.785. The highest BCUT2D eigenvalue weighted by Crippen LogP contribution is 2.32. The Morgan fingerprint density at radius 1 is 1.19 bits per heavy atom. The Kier molecular flexibility index (Phi) is 5.31. The van der Waals surface area contributed by atoms with E-state index in [2.05, 4.69) is 33.0 Å². The third kappa shape index (κ3) is 4.43. The molecule has 0 radical (unpaired) electrons. The van der Waals surface area contributed by atoms with Gasteiger partial charge in [0.25, 0.3) is 0 Å². The minimum atomic E-state index is 0.0960. The second-order valence-electron chi connectivity index (χ2n) is 5.97. The predicted octanol–water partition coefficient (Wildman–Crippen LogP) is 5.57. The number of thiazole rings is 1. The minimum absolute atomic E-state index is 0.0960. The Balaban J connectivity index is 2.29. The number of hydrogen-bond acceptors (Lipinski definition) is 3. The van der Waals surface area contributed by atoms with Crippen molar-refractivity contribution in [3.63, 3.8) is 0 Å². The molecular formula is C16H20Cl2N2S. The molecule has 21 heavy (non-hydrogen) atoms. The van der Waals surface area contributed by atoms with Crippen molar-refractivity contribution < 1.29 is 0 Å². The van der Waals surface area contributed by atoms with Crippen LogP contribution in [0.4, 0.5) is 0 Å². The zero-order chi connectivity index (χ0) is 15.6. The Hall–Kier alpha value is -0.610. The number of aryl methyl sites for hydroxylation is 1. The average molecular weight is 343 g/mol. The summed E-state index contributed by atoms with van der Waals surface area (Å²) < 4.78 is 0. The molecule has 0 aliphatic carbocycles. The van der Waals surface area contributed by atoms with Crippen molar-refractivity contribution in [2.75, 3.05) is 0 Å². The van der Waals surface area contributed by atoms with Gasteiger partial charge in [-0.1, -0.05) is 36.2 Å². The molecule has 2 nitrogen and oxygen atoms in total. The van der Waals surface area contributed by atoms with Crippen LogP contribution in [-0.4, -0.2) is 10.5 Å². The summed E-state index contributed by atoms with van der Waals surface area (Å²) in [4.78, 5) is 6.03. The third-order valence-electron chi connectivity index (χ3n) is 3.06. The van der Waals surface area contributed by atoms with Gasteiger partial charge in [-0.25, -0.2) is 4.98 Å². The summed E-state index contributed by atoms with van der Waals surface area (Å²) in [5, 5.41) is 5.66. The molecule has 0 aliphatic rings. The molecule has 2 rings (SSSR count). The summed E-state index contributed by atoms with van der Waals surface area (Å²) in [6.45, 7) is 9.47. The molecule has 2 aromatic rings. The maximum Gasteiger partial charge on any atom is 0.123 e. The molecule has 0 fully saturated rings. The van der Waals surface area contributed by atoms with Crippen LogP contribution in [0.25, 0.3) is 10.6 Å². The van der Waals surface area contributed by atoms with Crippen LogP contribution in [0, 0.1) is 0 Å². The van der Waals surface area contributed by atoms with Crippen molar-refractivity contribution >= 4 is 34.5 Å². The molecule has 0 saturated carbocycles. The van der Waals surface area contributed by atoms with Crippen molar-refractivity contribution in [2.45, 2.75) is 46.2 Å². The largest absolute Gasteiger partial charge is 0.307 e. The fraction of sp³-hybridized carbons (Fsp3) is 0.438. The van der Waals surface area contributed by atoms with E-state index in [4.69, 9.17) is 28.2 Å². The highest BCUT2D eigenvalue weighted by Gasteiger charge is 2.15. The van der Waals surface area contributed by atoms with E-state index in [1.54, 1.807) is 11.3 Å². The summed E-state index contributed by atoms with van der Waals surface area (Å²) >= 11 is 13.8. The van der Waals surface area contributed by atoms with Crippen LogP contribution in [0.1, 0.15) is 38.3 Å². The van der Waals surface area contributed by atoms with Crippen LogP contribution in [0.5, 0.6) is 0 Å². The second kappa shape index (κ2) is 6.66. The van der Waals surface area contributed by atoms with E-state index in [1.165, 1.54) is 4.88 Å². The third-order valence-corrected chi connectivity index (χ3v) is 4.94. The molecule has 114 valence electrons. The lowest BCUT2D eigenvalue weighted by Gasteiger charge is -2.20. The Morgan fingerprint density at radius 3 is 2.48 bits per heavy atom. The molecule has 0 amide bonds. The van der Waals surface area contributed by atoms with Gasteiger partial charge in [0.1, 0.15) is 5.01 Å². The van der Waals surface area contributed by atoms with Crippen LogP contribution in [0.2, 0.25) is 10.0 Å². The van der Waals surface area contributed by atoms with Crippen molar-refractivity contribution in [3.8, 4) is 10.6 Å². The summed E-state index contributed by atoms with van der Waals surface area (Å²) in [5.41, 5.74) is 2.27. The fourth-order valence-electron chi connectivity index (χ4n) is 1.90. The number of halogens is 2. The van der Waals surface area contributed by atoms with Gasteiger partial charge < -0.3 is 5.32 Å². The highest BCUT2D eigenvalue weighted by molar-refractivity contribution is 7.15. The molecule has 1 heterocycles. The molecule has 1 aromatic heterocycles. The monoisotopic (exact) mass is 342 g/mol. The van der Waals surface area contributed by atoms with E-state index in [1.807, 2.05) is 18.2 Å². The first-order valence-electron chi connectivity index (χ1n) is 6.99. The fourth-order valence-corrected chi connectivity index (χ4v) is 3.28. The van der Waals surface area contributed by atoms with Crippen molar-refractivity contribution in [3.05, 3.63) is 38.8 Å². The van der Waals surface area contributed by atoms with Crippen LogP contribution in [-0.2, 0) is 13.0 Å². The highest BCUT2D eigenvalue weighted by atomic mass is 35.5. The van der Waals surface area contributed by atoms with E-state index in [0.717, 1.165) is 29.2 Å². The van der Waals surface area contributed by atoms with E-state index in [0.29, 0.717) is 10.0 Å². The Labute approximate surface area is 140 Å². The first-order chi connectivity index (χ1) is 9.80. The number of rotatable bonds is 4. The van der Waals surface area contributed by atoms with E-state index < -0.39 is 0 Å². The van der Waals surface area contributed by atoms with Gasteiger partial charge in [0.15, 0.2) is 0 Å².